The Morgan fingerprint density at radius 3 is 2.83 bits per heavy atom. The molecule has 23 heavy (non-hydrogen) atoms. The number of phenols is 1. The summed E-state index contributed by atoms with van der Waals surface area (Å²) in [7, 11) is 0. The number of ether oxygens (including phenoxy) is 3. The predicted octanol–water partition coefficient (Wildman–Crippen LogP) is 3.89. The lowest BCUT2D eigenvalue weighted by Crippen LogP contribution is -2.32. The van der Waals surface area contributed by atoms with Gasteiger partial charge in [0.15, 0.2) is 6.29 Å². The Bertz CT molecular complexity index is 719. The Hall–Kier alpha value is -1.52. The number of hydrogen-bond donors (Lipinski definition) is 1. The largest absolute Gasteiger partial charge is 0.508 e. The number of rotatable bonds is 0. The van der Waals surface area contributed by atoms with Crippen molar-refractivity contribution in [3.63, 3.8) is 0 Å². The summed E-state index contributed by atoms with van der Waals surface area (Å²) in [6.45, 7) is 6.20. The number of aromatic hydroxyl groups is 1. The Morgan fingerprint density at radius 1 is 1.17 bits per heavy atom. The molecule has 0 amide bonds. The van der Waals surface area contributed by atoms with Crippen molar-refractivity contribution in [2.45, 2.75) is 63.6 Å². The normalized spacial score (nSPS) is 38.7. The molecule has 0 aromatic heterocycles. The van der Waals surface area contributed by atoms with Crippen LogP contribution in [0, 0.1) is 5.92 Å². The fourth-order valence-corrected chi connectivity index (χ4v) is 4.81. The van der Waals surface area contributed by atoms with Crippen molar-refractivity contribution in [3.05, 3.63) is 28.8 Å². The second kappa shape index (κ2) is 4.31. The van der Waals surface area contributed by atoms with E-state index in [0.29, 0.717) is 11.7 Å². The van der Waals surface area contributed by atoms with Gasteiger partial charge in [0.25, 0.3) is 0 Å². The topological polar surface area (TPSA) is 47.9 Å². The third-order valence-electron chi connectivity index (χ3n) is 5.85. The van der Waals surface area contributed by atoms with Gasteiger partial charge in [-0.05, 0) is 51.7 Å². The fraction of sp³-hybridized carbons (Fsp3) is 0.579. The molecule has 0 unspecified atom stereocenters. The number of fused-ring (bicyclic) bond motifs is 2. The Labute approximate surface area is 136 Å². The number of benzene rings is 1. The maximum absolute atomic E-state index is 10.7. The zero-order valence-corrected chi connectivity index (χ0v) is 13.7. The van der Waals surface area contributed by atoms with Gasteiger partial charge < -0.3 is 19.3 Å². The highest BCUT2D eigenvalue weighted by atomic mass is 16.7. The summed E-state index contributed by atoms with van der Waals surface area (Å²) in [5.41, 5.74) is 2.45. The lowest BCUT2D eigenvalue weighted by molar-refractivity contribution is -0.193. The van der Waals surface area contributed by atoms with Gasteiger partial charge in [-0.1, -0.05) is 6.08 Å². The van der Waals surface area contributed by atoms with E-state index in [-0.39, 0.29) is 23.7 Å². The van der Waals surface area contributed by atoms with Crippen LogP contribution in [0.2, 0.25) is 0 Å². The van der Waals surface area contributed by atoms with Crippen LogP contribution in [0.1, 0.15) is 62.5 Å². The minimum Gasteiger partial charge on any atom is -0.508 e. The van der Waals surface area contributed by atoms with Gasteiger partial charge >= 0.3 is 0 Å². The third kappa shape index (κ3) is 1.79. The maximum atomic E-state index is 10.7. The lowest BCUT2D eigenvalue weighted by atomic mass is 9.80. The van der Waals surface area contributed by atoms with Gasteiger partial charge in [-0.15, -0.1) is 0 Å². The summed E-state index contributed by atoms with van der Waals surface area (Å²) in [5.74, 6) is 1.79. The van der Waals surface area contributed by atoms with Crippen LogP contribution in [0.3, 0.4) is 0 Å². The second-order valence-corrected chi connectivity index (χ2v) is 7.79. The third-order valence-corrected chi connectivity index (χ3v) is 5.85. The minimum absolute atomic E-state index is 0.132. The molecule has 1 saturated carbocycles. The molecule has 122 valence electrons. The molecule has 1 saturated heterocycles. The molecule has 4 nitrogen and oxygen atoms in total. The van der Waals surface area contributed by atoms with E-state index < -0.39 is 6.29 Å². The van der Waals surface area contributed by atoms with Crippen molar-refractivity contribution in [1.29, 1.82) is 0 Å². The van der Waals surface area contributed by atoms with Gasteiger partial charge in [-0.3, -0.25) is 0 Å². The molecular weight excluding hydrogens is 292 g/mol. The Kier molecular flexibility index (Phi) is 2.60. The molecule has 5 atom stereocenters. The van der Waals surface area contributed by atoms with E-state index in [1.165, 1.54) is 0 Å². The first-order valence-corrected chi connectivity index (χ1v) is 8.53. The monoisotopic (exact) mass is 314 g/mol. The van der Waals surface area contributed by atoms with Crippen LogP contribution in [0.15, 0.2) is 12.1 Å². The molecule has 1 N–H and O–H groups in total. The summed E-state index contributed by atoms with van der Waals surface area (Å²) in [6, 6.07) is 1.84. The molecule has 6 rings (SSSR count). The van der Waals surface area contributed by atoms with E-state index in [0.717, 1.165) is 35.3 Å². The molecule has 0 radical (unpaired) electrons. The van der Waals surface area contributed by atoms with E-state index in [1.54, 1.807) is 0 Å². The van der Waals surface area contributed by atoms with Gasteiger partial charge in [-0.25, -0.2) is 0 Å². The number of phenolic OH excluding ortho intramolecular Hbond substituents is 1. The van der Waals surface area contributed by atoms with Crippen molar-refractivity contribution in [2.24, 2.45) is 5.92 Å². The van der Waals surface area contributed by atoms with E-state index in [1.807, 2.05) is 32.1 Å². The summed E-state index contributed by atoms with van der Waals surface area (Å²) >= 11 is 0. The molecule has 1 aromatic rings. The zero-order valence-electron chi connectivity index (χ0n) is 13.7. The van der Waals surface area contributed by atoms with Crippen LogP contribution in [-0.2, 0) is 9.47 Å². The van der Waals surface area contributed by atoms with E-state index in [4.69, 9.17) is 14.2 Å². The molecule has 4 bridgehead atoms. The van der Waals surface area contributed by atoms with Crippen LogP contribution in [0.4, 0.5) is 0 Å². The van der Waals surface area contributed by atoms with Crippen molar-refractivity contribution in [3.8, 4) is 11.5 Å². The van der Waals surface area contributed by atoms with Gasteiger partial charge in [-0.2, -0.15) is 0 Å². The highest BCUT2D eigenvalue weighted by Crippen LogP contribution is 2.60. The first-order chi connectivity index (χ1) is 10.9. The van der Waals surface area contributed by atoms with Crippen molar-refractivity contribution in [2.75, 3.05) is 0 Å². The Balaban J connectivity index is 1.78. The summed E-state index contributed by atoms with van der Waals surface area (Å²) in [5, 5.41) is 10.7. The van der Waals surface area contributed by atoms with Crippen LogP contribution < -0.4 is 4.74 Å². The SMILES string of the molecule is C[C@H]1O[C@H]2O[C@H]3CC[C@@H]1[C@H]3c1c(O)cc3c(c12)OC(C)(C)C=C3. The predicted molar refractivity (Wildman–Crippen MR) is 85.5 cm³/mol. The van der Waals surface area contributed by atoms with Crippen molar-refractivity contribution < 1.29 is 19.3 Å². The molecule has 4 heterocycles. The second-order valence-electron chi connectivity index (χ2n) is 7.79. The first-order valence-electron chi connectivity index (χ1n) is 8.53. The minimum atomic E-state index is -0.435. The van der Waals surface area contributed by atoms with Gasteiger partial charge in [0.05, 0.1) is 17.8 Å². The summed E-state index contributed by atoms with van der Waals surface area (Å²) in [6.07, 6.45) is 6.02. The molecular formula is C19H22O4. The van der Waals surface area contributed by atoms with Crippen molar-refractivity contribution in [1.82, 2.24) is 0 Å². The van der Waals surface area contributed by atoms with Crippen molar-refractivity contribution >= 4 is 6.08 Å². The van der Waals surface area contributed by atoms with Crippen LogP contribution >= 0.6 is 0 Å². The van der Waals surface area contributed by atoms with E-state index in [2.05, 4.69) is 6.92 Å². The maximum Gasteiger partial charge on any atom is 0.188 e. The highest BCUT2D eigenvalue weighted by molar-refractivity contribution is 5.69. The van der Waals surface area contributed by atoms with Gasteiger partial charge in [0, 0.05) is 17.0 Å². The summed E-state index contributed by atoms with van der Waals surface area (Å²) in [4.78, 5) is 0. The molecule has 0 spiro atoms. The molecule has 5 aliphatic rings. The molecule has 4 heteroatoms. The summed E-state index contributed by atoms with van der Waals surface area (Å²) < 4.78 is 18.7. The smallest absolute Gasteiger partial charge is 0.188 e. The average molecular weight is 314 g/mol. The van der Waals surface area contributed by atoms with Crippen LogP contribution in [-0.4, -0.2) is 22.9 Å². The Morgan fingerprint density at radius 2 is 2.00 bits per heavy atom. The quantitative estimate of drug-likeness (QED) is 0.789. The molecule has 1 aromatic carbocycles. The average Bonchev–Trinajstić information content (AvgIpc) is 2.79. The molecule has 1 aliphatic carbocycles. The van der Waals surface area contributed by atoms with E-state index >= 15 is 0 Å². The molecule has 2 fully saturated rings. The number of hydrogen-bond acceptors (Lipinski definition) is 4. The molecule has 4 aliphatic heterocycles. The standard InChI is InChI=1S/C19H22O4/c1-9-11-4-5-13-14(11)15-12(20)8-10-6-7-19(2,3)23-17(10)16(15)18(21-9)22-13/h6-9,11,13-14,18,20H,4-5H2,1-3H3/t9-,11+,13+,14-,18+/m1/s1. The van der Waals surface area contributed by atoms with Crippen LogP contribution in [0.25, 0.3) is 6.08 Å². The zero-order chi connectivity index (χ0) is 15.9. The van der Waals surface area contributed by atoms with Crippen LogP contribution in [0.5, 0.6) is 11.5 Å². The highest BCUT2D eigenvalue weighted by Gasteiger charge is 2.53. The fourth-order valence-electron chi connectivity index (χ4n) is 4.81. The van der Waals surface area contributed by atoms with Gasteiger partial charge in [0.1, 0.15) is 17.1 Å². The lowest BCUT2D eigenvalue weighted by Gasteiger charge is -2.37. The first kappa shape index (κ1) is 13.9. The van der Waals surface area contributed by atoms with Gasteiger partial charge in [0.2, 0.25) is 0 Å². The van der Waals surface area contributed by atoms with E-state index in [9.17, 15) is 5.11 Å².